The van der Waals surface area contributed by atoms with Crippen molar-refractivity contribution in [1.29, 1.82) is 0 Å². The first-order chi connectivity index (χ1) is 8.12. The average molecular weight is 235 g/mol. The molecule has 96 valence electrons. The lowest BCUT2D eigenvalue weighted by atomic mass is 9.89. The van der Waals surface area contributed by atoms with Gasteiger partial charge in [0.2, 0.25) is 0 Å². The zero-order valence-electron chi connectivity index (χ0n) is 11.5. The van der Waals surface area contributed by atoms with Crippen molar-refractivity contribution < 1.29 is 4.74 Å². The first-order valence-electron chi connectivity index (χ1n) is 6.49. The Bertz CT molecular complexity index is 347. The molecule has 0 aliphatic heterocycles. The van der Waals surface area contributed by atoms with Gasteiger partial charge in [-0.3, -0.25) is 0 Å². The van der Waals surface area contributed by atoms with Crippen LogP contribution in [0.3, 0.4) is 0 Å². The Hall–Kier alpha value is -1.02. The van der Waals surface area contributed by atoms with E-state index in [2.05, 4.69) is 39.0 Å². The van der Waals surface area contributed by atoms with Gasteiger partial charge in [0.15, 0.2) is 0 Å². The minimum absolute atomic E-state index is 0.464. The van der Waals surface area contributed by atoms with Crippen LogP contribution in [-0.2, 0) is 6.42 Å². The molecule has 0 bridgehead atoms. The number of hydrogen-bond acceptors (Lipinski definition) is 2. The molecule has 1 aromatic rings. The van der Waals surface area contributed by atoms with E-state index in [1.807, 2.05) is 0 Å². The summed E-state index contributed by atoms with van der Waals surface area (Å²) in [5, 5.41) is 0. The molecule has 0 spiro atoms. The van der Waals surface area contributed by atoms with Gasteiger partial charge in [-0.2, -0.15) is 0 Å². The van der Waals surface area contributed by atoms with Crippen LogP contribution < -0.4 is 10.5 Å². The summed E-state index contributed by atoms with van der Waals surface area (Å²) >= 11 is 0. The molecule has 0 aromatic heterocycles. The highest BCUT2D eigenvalue weighted by Crippen LogP contribution is 2.28. The van der Waals surface area contributed by atoms with Crippen molar-refractivity contribution in [3.63, 3.8) is 0 Å². The van der Waals surface area contributed by atoms with Gasteiger partial charge in [-0.25, -0.2) is 0 Å². The van der Waals surface area contributed by atoms with E-state index in [0.717, 1.165) is 18.6 Å². The van der Waals surface area contributed by atoms with Crippen molar-refractivity contribution in [2.24, 2.45) is 11.7 Å². The number of aryl methyl sites for hydroxylation is 1. The van der Waals surface area contributed by atoms with Gasteiger partial charge in [-0.15, -0.1) is 0 Å². The van der Waals surface area contributed by atoms with Gasteiger partial charge >= 0.3 is 0 Å². The summed E-state index contributed by atoms with van der Waals surface area (Å²) in [6.45, 7) is 7.36. The number of rotatable bonds is 6. The van der Waals surface area contributed by atoms with Gasteiger partial charge in [-0.1, -0.05) is 32.9 Å². The highest BCUT2D eigenvalue weighted by Gasteiger charge is 2.13. The van der Waals surface area contributed by atoms with Crippen LogP contribution in [0.25, 0.3) is 0 Å². The lowest BCUT2D eigenvalue weighted by Gasteiger charge is -2.19. The van der Waals surface area contributed by atoms with E-state index in [1.54, 1.807) is 7.11 Å². The van der Waals surface area contributed by atoms with Gasteiger partial charge < -0.3 is 10.5 Å². The van der Waals surface area contributed by atoms with Crippen LogP contribution in [0.4, 0.5) is 0 Å². The van der Waals surface area contributed by atoms with Crippen molar-refractivity contribution in [3.8, 4) is 5.75 Å². The van der Waals surface area contributed by atoms with E-state index >= 15 is 0 Å². The van der Waals surface area contributed by atoms with Crippen LogP contribution in [0, 0.1) is 5.92 Å². The molecular weight excluding hydrogens is 210 g/mol. The third-order valence-electron chi connectivity index (χ3n) is 3.20. The Morgan fingerprint density at radius 2 is 2.00 bits per heavy atom. The van der Waals surface area contributed by atoms with Crippen LogP contribution in [0.1, 0.15) is 44.2 Å². The van der Waals surface area contributed by atoms with Crippen LogP contribution in [0.2, 0.25) is 0 Å². The molecule has 0 heterocycles. The first kappa shape index (κ1) is 14.0. The van der Waals surface area contributed by atoms with Crippen LogP contribution in [-0.4, -0.2) is 13.7 Å². The topological polar surface area (TPSA) is 35.2 Å². The average Bonchev–Trinajstić information content (AvgIpc) is 2.34. The Balaban J connectivity index is 2.96. The third-order valence-corrected chi connectivity index (χ3v) is 3.20. The second kappa shape index (κ2) is 6.65. The predicted molar refractivity (Wildman–Crippen MR) is 73.6 cm³/mol. The maximum atomic E-state index is 5.88. The summed E-state index contributed by atoms with van der Waals surface area (Å²) in [6.07, 6.45) is 2.14. The van der Waals surface area contributed by atoms with Crippen molar-refractivity contribution in [1.82, 2.24) is 0 Å². The molecule has 0 fully saturated rings. The summed E-state index contributed by atoms with van der Waals surface area (Å²) in [4.78, 5) is 0. The van der Waals surface area contributed by atoms with E-state index < -0.39 is 0 Å². The summed E-state index contributed by atoms with van der Waals surface area (Å²) in [6, 6.07) is 6.47. The second-order valence-electron chi connectivity index (χ2n) is 4.99. The van der Waals surface area contributed by atoms with E-state index in [1.165, 1.54) is 11.1 Å². The number of hydrogen-bond donors (Lipinski definition) is 1. The maximum absolute atomic E-state index is 5.88. The van der Waals surface area contributed by atoms with Crippen LogP contribution in [0.5, 0.6) is 5.75 Å². The van der Waals surface area contributed by atoms with Gasteiger partial charge in [0.1, 0.15) is 5.75 Å². The van der Waals surface area contributed by atoms with Crippen LogP contribution >= 0.6 is 0 Å². The molecule has 0 amide bonds. The van der Waals surface area contributed by atoms with Crippen LogP contribution in [0.15, 0.2) is 18.2 Å². The molecule has 1 aromatic carbocycles. The predicted octanol–water partition coefficient (Wildman–Crippen LogP) is 3.35. The minimum Gasteiger partial charge on any atom is -0.496 e. The summed E-state index contributed by atoms with van der Waals surface area (Å²) in [7, 11) is 1.72. The number of nitrogens with two attached hydrogens (primary N) is 1. The van der Waals surface area contributed by atoms with Crippen molar-refractivity contribution in [2.45, 2.75) is 39.5 Å². The van der Waals surface area contributed by atoms with E-state index in [-0.39, 0.29) is 0 Å². The molecule has 0 saturated carbocycles. The third kappa shape index (κ3) is 3.74. The maximum Gasteiger partial charge on any atom is 0.122 e. The highest BCUT2D eigenvalue weighted by atomic mass is 16.5. The monoisotopic (exact) mass is 235 g/mol. The molecule has 1 atom stereocenters. The molecule has 0 aliphatic carbocycles. The molecule has 2 N–H and O–H groups in total. The lowest BCUT2D eigenvalue weighted by molar-refractivity contribution is 0.409. The molecule has 17 heavy (non-hydrogen) atoms. The van der Waals surface area contributed by atoms with E-state index in [4.69, 9.17) is 10.5 Å². The summed E-state index contributed by atoms with van der Waals surface area (Å²) in [5.41, 5.74) is 8.50. The van der Waals surface area contributed by atoms with Crippen molar-refractivity contribution >= 4 is 0 Å². The minimum atomic E-state index is 0.464. The fraction of sp³-hybridized carbons (Fsp3) is 0.600. The molecule has 1 rings (SSSR count). The highest BCUT2D eigenvalue weighted by molar-refractivity contribution is 5.38. The largest absolute Gasteiger partial charge is 0.496 e. The quantitative estimate of drug-likeness (QED) is 0.820. The van der Waals surface area contributed by atoms with Gasteiger partial charge in [0.25, 0.3) is 0 Å². The fourth-order valence-corrected chi connectivity index (χ4v) is 2.27. The molecule has 0 aliphatic rings. The second-order valence-corrected chi connectivity index (χ2v) is 4.99. The number of benzene rings is 1. The van der Waals surface area contributed by atoms with E-state index in [0.29, 0.717) is 18.4 Å². The van der Waals surface area contributed by atoms with E-state index in [9.17, 15) is 0 Å². The Labute approximate surface area is 105 Å². The zero-order chi connectivity index (χ0) is 12.8. The number of methoxy groups -OCH3 is 1. The molecule has 0 saturated heterocycles. The summed E-state index contributed by atoms with van der Waals surface area (Å²) in [5.74, 6) is 2.12. The Morgan fingerprint density at radius 1 is 1.29 bits per heavy atom. The zero-order valence-corrected chi connectivity index (χ0v) is 11.5. The number of ether oxygens (including phenoxy) is 1. The fourth-order valence-electron chi connectivity index (χ4n) is 2.27. The smallest absolute Gasteiger partial charge is 0.122 e. The van der Waals surface area contributed by atoms with Gasteiger partial charge in [0.05, 0.1) is 7.11 Å². The van der Waals surface area contributed by atoms with Gasteiger partial charge in [-0.05, 0) is 48.4 Å². The summed E-state index contributed by atoms with van der Waals surface area (Å²) < 4.78 is 5.35. The van der Waals surface area contributed by atoms with Crippen molar-refractivity contribution in [3.05, 3.63) is 29.3 Å². The Morgan fingerprint density at radius 3 is 2.47 bits per heavy atom. The van der Waals surface area contributed by atoms with Gasteiger partial charge in [0, 0.05) is 0 Å². The lowest BCUT2D eigenvalue weighted by Crippen LogP contribution is -2.15. The normalized spacial score (nSPS) is 12.8. The Kier molecular flexibility index (Phi) is 5.49. The molecule has 1 unspecified atom stereocenters. The first-order valence-corrected chi connectivity index (χ1v) is 6.49. The SMILES string of the molecule is CCc1cc(C(CN)CC(C)C)ccc1OC. The molecule has 2 nitrogen and oxygen atoms in total. The standard InChI is InChI=1S/C15H25NO/c1-5-12-9-13(6-7-15(12)17-4)14(10-16)8-11(2)3/h6-7,9,11,14H,5,8,10,16H2,1-4H3. The molecule has 2 heteroatoms. The molecular formula is C15H25NO. The molecule has 0 radical (unpaired) electrons. The van der Waals surface area contributed by atoms with Crippen molar-refractivity contribution in [2.75, 3.05) is 13.7 Å².